The van der Waals surface area contributed by atoms with Crippen molar-refractivity contribution in [1.82, 2.24) is 4.98 Å². The molecule has 0 spiro atoms. The zero-order valence-electron chi connectivity index (χ0n) is 20.4. The molecule has 180 valence electrons. The molecule has 0 atom stereocenters. The van der Waals surface area contributed by atoms with E-state index in [-0.39, 0.29) is 11.4 Å². The van der Waals surface area contributed by atoms with Crippen LogP contribution < -0.4 is 10.5 Å². The molecule has 0 amide bonds. The van der Waals surface area contributed by atoms with Crippen LogP contribution in [-0.4, -0.2) is 28.2 Å². The number of carbonyl (C=O) groups is 1. The summed E-state index contributed by atoms with van der Waals surface area (Å²) in [5, 5.41) is 10.6. The van der Waals surface area contributed by atoms with Crippen molar-refractivity contribution in [2.45, 2.75) is 39.7 Å². The molecular weight excluding hydrogens is 443 g/mol. The fourth-order valence-corrected chi connectivity index (χ4v) is 4.24. The molecule has 4 aromatic rings. The molecule has 35 heavy (non-hydrogen) atoms. The van der Waals surface area contributed by atoms with E-state index in [1.54, 1.807) is 19.1 Å². The Morgan fingerprint density at radius 2 is 1.71 bits per heavy atom. The molecule has 3 N–H and O–H groups in total. The molecule has 0 saturated carbocycles. The molecule has 0 unspecified atom stereocenters. The van der Waals surface area contributed by atoms with Gasteiger partial charge in [0.25, 0.3) is 0 Å². The van der Waals surface area contributed by atoms with E-state index in [1.807, 2.05) is 63.2 Å². The van der Waals surface area contributed by atoms with Crippen molar-refractivity contribution in [1.29, 1.82) is 0 Å². The minimum absolute atomic E-state index is 0.230. The molecule has 5 nitrogen and oxygen atoms in total. The predicted molar refractivity (Wildman–Crippen MR) is 137 cm³/mol. The van der Waals surface area contributed by atoms with Gasteiger partial charge in [-0.3, -0.25) is 0 Å². The molecule has 1 heterocycles. The predicted octanol–water partition coefficient (Wildman–Crippen LogP) is 6.39. The summed E-state index contributed by atoms with van der Waals surface area (Å²) in [4.78, 5) is 16.9. The molecule has 0 radical (unpaired) electrons. The first-order valence-electron chi connectivity index (χ1n) is 11.5. The highest BCUT2D eigenvalue weighted by Gasteiger charge is 2.19. The summed E-state index contributed by atoms with van der Waals surface area (Å²) in [7, 11) is 0. The van der Waals surface area contributed by atoms with Crippen molar-refractivity contribution >= 4 is 16.9 Å². The van der Waals surface area contributed by atoms with E-state index >= 15 is 0 Å². The van der Waals surface area contributed by atoms with Crippen LogP contribution >= 0.6 is 0 Å². The third-order valence-corrected chi connectivity index (χ3v) is 5.77. The summed E-state index contributed by atoms with van der Waals surface area (Å²) in [6.07, 6.45) is 0.664. The number of ether oxygens (including phenoxy) is 1. The fourth-order valence-electron chi connectivity index (χ4n) is 4.24. The van der Waals surface area contributed by atoms with Gasteiger partial charge in [-0.15, -0.1) is 0 Å². The normalized spacial score (nSPS) is 11.6. The summed E-state index contributed by atoms with van der Waals surface area (Å²) in [5.74, 6) is -0.902. The van der Waals surface area contributed by atoms with Crippen LogP contribution in [0.4, 0.5) is 4.39 Å². The first-order chi connectivity index (χ1) is 16.6. The Morgan fingerprint density at radius 1 is 1.03 bits per heavy atom. The molecule has 3 aromatic carbocycles. The molecule has 0 bridgehead atoms. The monoisotopic (exact) mass is 472 g/mol. The summed E-state index contributed by atoms with van der Waals surface area (Å²) < 4.78 is 20.6. The number of halogens is 1. The van der Waals surface area contributed by atoms with Crippen molar-refractivity contribution in [2.24, 2.45) is 5.73 Å². The molecule has 0 aliphatic carbocycles. The zero-order valence-corrected chi connectivity index (χ0v) is 20.4. The van der Waals surface area contributed by atoms with Crippen LogP contribution in [0.25, 0.3) is 33.3 Å². The van der Waals surface area contributed by atoms with Crippen molar-refractivity contribution in [3.8, 4) is 28.1 Å². The highest BCUT2D eigenvalue weighted by Crippen LogP contribution is 2.33. The Kier molecular flexibility index (Phi) is 6.59. The smallest absolute Gasteiger partial charge is 0.336 e. The van der Waals surface area contributed by atoms with E-state index in [1.165, 1.54) is 6.07 Å². The first kappa shape index (κ1) is 24.4. The quantitative estimate of drug-likeness (QED) is 0.339. The number of carboxylic acids is 1. The van der Waals surface area contributed by atoms with Gasteiger partial charge in [-0.2, -0.15) is 0 Å². The number of nitrogens with two attached hydrogens (primary N) is 1. The molecular formula is C29H29FN2O3. The van der Waals surface area contributed by atoms with Crippen LogP contribution in [0, 0.1) is 12.7 Å². The van der Waals surface area contributed by atoms with Crippen molar-refractivity contribution < 1.29 is 19.0 Å². The number of pyridine rings is 1. The van der Waals surface area contributed by atoms with Gasteiger partial charge >= 0.3 is 5.97 Å². The third kappa shape index (κ3) is 5.17. The SMILES string of the molecule is Cc1c(-c2ccc(-c3ccc(OC(C)(C)C)cc3F)cc2)nc2ccc(CCN)cc2c1C(=O)O. The van der Waals surface area contributed by atoms with Crippen LogP contribution in [0.5, 0.6) is 5.75 Å². The maximum absolute atomic E-state index is 14.8. The average Bonchev–Trinajstić information content (AvgIpc) is 2.78. The Morgan fingerprint density at radius 3 is 2.31 bits per heavy atom. The van der Waals surface area contributed by atoms with Crippen molar-refractivity contribution in [3.05, 3.63) is 83.2 Å². The lowest BCUT2D eigenvalue weighted by atomic mass is 9.95. The molecule has 0 aliphatic rings. The summed E-state index contributed by atoms with van der Waals surface area (Å²) in [6.45, 7) is 7.99. The topological polar surface area (TPSA) is 85.4 Å². The first-order valence-corrected chi connectivity index (χ1v) is 11.5. The minimum atomic E-state index is -1.00. The van der Waals surface area contributed by atoms with Crippen LogP contribution in [0.2, 0.25) is 0 Å². The van der Waals surface area contributed by atoms with E-state index in [0.29, 0.717) is 52.0 Å². The van der Waals surface area contributed by atoms with Crippen LogP contribution in [0.15, 0.2) is 60.7 Å². The van der Waals surface area contributed by atoms with Crippen molar-refractivity contribution in [3.63, 3.8) is 0 Å². The minimum Gasteiger partial charge on any atom is -0.488 e. The lowest BCUT2D eigenvalue weighted by molar-refractivity contribution is 0.0698. The molecule has 0 fully saturated rings. The maximum atomic E-state index is 14.8. The molecule has 0 aliphatic heterocycles. The van der Waals surface area contributed by atoms with Crippen LogP contribution in [-0.2, 0) is 6.42 Å². The van der Waals surface area contributed by atoms with Crippen LogP contribution in [0.1, 0.15) is 42.3 Å². The number of benzene rings is 3. The number of aromatic nitrogens is 1. The maximum Gasteiger partial charge on any atom is 0.336 e. The van der Waals surface area contributed by atoms with Gasteiger partial charge < -0.3 is 15.6 Å². The lowest BCUT2D eigenvalue weighted by Gasteiger charge is -2.21. The van der Waals surface area contributed by atoms with Crippen molar-refractivity contribution in [2.75, 3.05) is 6.54 Å². The van der Waals surface area contributed by atoms with E-state index in [0.717, 1.165) is 11.1 Å². The summed E-state index contributed by atoms with van der Waals surface area (Å²) in [6, 6.07) is 17.8. The third-order valence-electron chi connectivity index (χ3n) is 5.77. The summed E-state index contributed by atoms with van der Waals surface area (Å²) >= 11 is 0. The molecule has 1 aromatic heterocycles. The number of hydrogen-bond acceptors (Lipinski definition) is 4. The number of hydrogen-bond donors (Lipinski definition) is 2. The Balaban J connectivity index is 1.73. The zero-order chi connectivity index (χ0) is 25.3. The number of carboxylic acid groups (broad SMARTS) is 1. The van der Waals surface area contributed by atoms with Gasteiger partial charge in [0.1, 0.15) is 17.2 Å². The number of nitrogens with zero attached hydrogens (tertiary/aromatic N) is 1. The van der Waals surface area contributed by atoms with Gasteiger partial charge in [-0.25, -0.2) is 14.2 Å². The van der Waals surface area contributed by atoms with E-state index < -0.39 is 11.6 Å². The lowest BCUT2D eigenvalue weighted by Crippen LogP contribution is -2.22. The fraction of sp³-hybridized carbons (Fsp3) is 0.241. The highest BCUT2D eigenvalue weighted by molar-refractivity contribution is 6.05. The second-order valence-electron chi connectivity index (χ2n) is 9.59. The number of fused-ring (bicyclic) bond motifs is 1. The van der Waals surface area contributed by atoms with Gasteiger partial charge in [0.15, 0.2) is 0 Å². The van der Waals surface area contributed by atoms with Gasteiger partial charge in [-0.05, 0) is 81.6 Å². The number of rotatable bonds is 6. The second kappa shape index (κ2) is 9.47. The molecule has 6 heteroatoms. The molecule has 4 rings (SSSR count). The molecule has 0 saturated heterocycles. The number of aromatic carboxylic acids is 1. The van der Waals surface area contributed by atoms with Gasteiger partial charge in [0.05, 0.1) is 16.8 Å². The van der Waals surface area contributed by atoms with E-state index in [4.69, 9.17) is 15.5 Å². The standard InChI is InChI=1S/C29H29FN2O3/c1-17-26(28(33)34)23-15-18(13-14-31)5-12-25(23)32-27(17)20-8-6-19(7-9-20)22-11-10-21(16-24(22)30)35-29(2,3)4/h5-12,15-16H,13-14,31H2,1-4H3,(H,33,34). The largest absolute Gasteiger partial charge is 0.488 e. The van der Waals surface area contributed by atoms with Gasteiger partial charge in [0, 0.05) is 22.6 Å². The van der Waals surface area contributed by atoms with Gasteiger partial charge in [-0.1, -0.05) is 30.3 Å². The second-order valence-corrected chi connectivity index (χ2v) is 9.59. The van der Waals surface area contributed by atoms with E-state index in [9.17, 15) is 14.3 Å². The Hall–Kier alpha value is -3.77. The highest BCUT2D eigenvalue weighted by atomic mass is 19.1. The van der Waals surface area contributed by atoms with E-state index in [2.05, 4.69) is 0 Å². The Bertz CT molecular complexity index is 1410. The average molecular weight is 473 g/mol. The van der Waals surface area contributed by atoms with Crippen LogP contribution in [0.3, 0.4) is 0 Å². The summed E-state index contributed by atoms with van der Waals surface area (Å²) in [5.41, 5.74) is 10.1. The van der Waals surface area contributed by atoms with Gasteiger partial charge in [0.2, 0.25) is 0 Å². The Labute approximate surface area is 204 Å².